The van der Waals surface area contributed by atoms with Crippen molar-refractivity contribution in [2.75, 3.05) is 32.8 Å². The number of nitrogens with one attached hydrogen (secondary N) is 2. The maximum absolute atomic E-state index is 11.8. The Morgan fingerprint density at radius 3 is 2.86 bits per heavy atom. The van der Waals surface area contributed by atoms with Gasteiger partial charge in [-0.15, -0.1) is 24.0 Å². The predicted octanol–water partition coefficient (Wildman–Crippen LogP) is 2.80. The van der Waals surface area contributed by atoms with Crippen LogP contribution in [0.1, 0.15) is 32.3 Å². The summed E-state index contributed by atoms with van der Waals surface area (Å²) < 4.78 is 11.2. The van der Waals surface area contributed by atoms with E-state index in [-0.39, 0.29) is 35.9 Å². The molecule has 2 N–H and O–H groups in total. The molecule has 9 heteroatoms. The maximum atomic E-state index is 11.8. The van der Waals surface area contributed by atoms with E-state index >= 15 is 0 Å². The minimum absolute atomic E-state index is 0. The zero-order chi connectivity index (χ0) is 19.2. The highest BCUT2D eigenvalue weighted by atomic mass is 127. The number of hydrogen-bond acceptors (Lipinski definition) is 4. The van der Waals surface area contributed by atoms with Crippen molar-refractivity contribution in [3.63, 3.8) is 0 Å². The lowest BCUT2D eigenvalue weighted by molar-refractivity contribution is -0.129. The van der Waals surface area contributed by atoms with E-state index < -0.39 is 0 Å². The number of aliphatic imine (C=N–C) groups is 1. The lowest BCUT2D eigenvalue weighted by atomic mass is 10.2. The summed E-state index contributed by atoms with van der Waals surface area (Å²) in [4.78, 5) is 18.4. The Morgan fingerprint density at radius 1 is 1.32 bits per heavy atom. The van der Waals surface area contributed by atoms with Crippen LogP contribution in [0.25, 0.3) is 0 Å². The van der Waals surface area contributed by atoms with Crippen molar-refractivity contribution in [2.24, 2.45) is 4.99 Å². The molecule has 1 aromatic rings. The van der Waals surface area contributed by atoms with Gasteiger partial charge < -0.3 is 25.0 Å². The van der Waals surface area contributed by atoms with Gasteiger partial charge in [0, 0.05) is 32.1 Å². The van der Waals surface area contributed by atoms with Crippen molar-refractivity contribution in [3.05, 3.63) is 22.7 Å². The number of carbonyl (C=O) groups is 1. The zero-order valence-corrected chi connectivity index (χ0v) is 19.4. The molecular formula is C19H28ClIN4O3. The third-order valence-electron chi connectivity index (χ3n) is 4.60. The van der Waals surface area contributed by atoms with Crippen LogP contribution in [0, 0.1) is 0 Å². The summed E-state index contributed by atoms with van der Waals surface area (Å²) in [5.74, 6) is 2.21. The number of benzene rings is 1. The summed E-state index contributed by atoms with van der Waals surface area (Å²) in [6.07, 6.45) is 1.47. The van der Waals surface area contributed by atoms with Gasteiger partial charge in [0.2, 0.25) is 5.91 Å². The van der Waals surface area contributed by atoms with Crippen LogP contribution in [0.15, 0.2) is 17.1 Å². The van der Waals surface area contributed by atoms with Crippen molar-refractivity contribution in [1.29, 1.82) is 0 Å². The Bertz CT molecular complexity index is 717. The molecule has 1 fully saturated rings. The standard InChI is InChI=1S/C19H27ClN4O3.HI/c1-3-17(25)24-6-5-14(12-24)23-19(21-4-2)22-11-13-9-15(20)18-16(10-13)26-7-8-27-18;/h9-10,14H,3-8,11-12H2,1-2H3,(H2,21,22,23);1H. The molecule has 2 aliphatic rings. The van der Waals surface area contributed by atoms with Crippen LogP contribution >= 0.6 is 35.6 Å². The monoisotopic (exact) mass is 522 g/mol. The molecule has 1 aromatic carbocycles. The van der Waals surface area contributed by atoms with Crippen LogP contribution in [-0.2, 0) is 11.3 Å². The van der Waals surface area contributed by atoms with Gasteiger partial charge in [-0.2, -0.15) is 0 Å². The van der Waals surface area contributed by atoms with E-state index in [0.29, 0.717) is 49.2 Å². The highest BCUT2D eigenvalue weighted by molar-refractivity contribution is 14.0. The summed E-state index contributed by atoms with van der Waals surface area (Å²) in [5, 5.41) is 7.23. The second kappa shape index (κ2) is 10.9. The van der Waals surface area contributed by atoms with E-state index in [1.54, 1.807) is 0 Å². The second-order valence-electron chi connectivity index (χ2n) is 6.62. The molecule has 2 heterocycles. The Hall–Kier alpha value is -1.42. The van der Waals surface area contributed by atoms with E-state index in [1.165, 1.54) is 0 Å². The predicted molar refractivity (Wildman–Crippen MR) is 121 cm³/mol. The van der Waals surface area contributed by atoms with Gasteiger partial charge in [-0.05, 0) is 31.0 Å². The van der Waals surface area contributed by atoms with Gasteiger partial charge in [-0.3, -0.25) is 4.79 Å². The number of halogens is 2. The first-order valence-electron chi connectivity index (χ1n) is 9.51. The van der Waals surface area contributed by atoms with Crippen molar-refractivity contribution in [3.8, 4) is 11.5 Å². The molecule has 0 radical (unpaired) electrons. The fraction of sp³-hybridized carbons (Fsp3) is 0.579. The highest BCUT2D eigenvalue weighted by Gasteiger charge is 2.25. The molecule has 28 heavy (non-hydrogen) atoms. The van der Waals surface area contributed by atoms with Crippen LogP contribution in [0.3, 0.4) is 0 Å². The summed E-state index contributed by atoms with van der Waals surface area (Å²) in [6, 6.07) is 3.99. The van der Waals surface area contributed by atoms with E-state index in [4.69, 9.17) is 21.1 Å². The van der Waals surface area contributed by atoms with Crippen LogP contribution in [0.2, 0.25) is 5.02 Å². The first-order valence-corrected chi connectivity index (χ1v) is 9.89. The van der Waals surface area contributed by atoms with Gasteiger partial charge in [0.25, 0.3) is 0 Å². The number of ether oxygens (including phenoxy) is 2. The van der Waals surface area contributed by atoms with Gasteiger partial charge in [0.05, 0.1) is 11.6 Å². The molecule has 1 unspecified atom stereocenters. The summed E-state index contributed by atoms with van der Waals surface area (Å²) in [5.41, 5.74) is 0.954. The lowest BCUT2D eigenvalue weighted by Gasteiger charge is -2.20. The number of rotatable bonds is 5. The van der Waals surface area contributed by atoms with Crippen LogP contribution in [-0.4, -0.2) is 55.7 Å². The molecule has 0 saturated carbocycles. The molecule has 1 amide bonds. The molecule has 2 aliphatic heterocycles. The minimum Gasteiger partial charge on any atom is -0.486 e. The molecular weight excluding hydrogens is 495 g/mol. The molecule has 7 nitrogen and oxygen atoms in total. The lowest BCUT2D eigenvalue weighted by Crippen LogP contribution is -2.45. The normalized spacial score (nSPS) is 18.5. The maximum Gasteiger partial charge on any atom is 0.222 e. The topological polar surface area (TPSA) is 75.2 Å². The number of amides is 1. The number of nitrogens with zero attached hydrogens (tertiary/aromatic N) is 2. The molecule has 3 rings (SSSR count). The van der Waals surface area contributed by atoms with Gasteiger partial charge in [0.1, 0.15) is 13.2 Å². The van der Waals surface area contributed by atoms with Crippen molar-refractivity contribution in [2.45, 2.75) is 39.3 Å². The average molecular weight is 523 g/mol. The van der Waals surface area contributed by atoms with Crippen molar-refractivity contribution >= 4 is 47.4 Å². The summed E-state index contributed by atoms with van der Waals surface area (Å²) >= 11 is 6.30. The van der Waals surface area contributed by atoms with E-state index in [0.717, 1.165) is 31.0 Å². The van der Waals surface area contributed by atoms with Gasteiger partial charge in [0.15, 0.2) is 17.5 Å². The highest BCUT2D eigenvalue weighted by Crippen LogP contribution is 2.38. The fourth-order valence-corrected chi connectivity index (χ4v) is 3.56. The van der Waals surface area contributed by atoms with E-state index in [1.807, 2.05) is 30.9 Å². The van der Waals surface area contributed by atoms with Gasteiger partial charge in [-0.25, -0.2) is 4.99 Å². The fourth-order valence-electron chi connectivity index (χ4n) is 3.27. The van der Waals surface area contributed by atoms with Gasteiger partial charge >= 0.3 is 0 Å². The SMILES string of the molecule is CCNC(=NCc1cc(Cl)c2c(c1)OCCO2)NC1CCN(C(=O)CC)C1.I. The summed E-state index contributed by atoms with van der Waals surface area (Å²) in [7, 11) is 0. The molecule has 0 aromatic heterocycles. The second-order valence-corrected chi connectivity index (χ2v) is 7.03. The molecule has 1 atom stereocenters. The van der Waals surface area contributed by atoms with E-state index in [2.05, 4.69) is 15.6 Å². The number of likely N-dealkylation sites (tertiary alicyclic amines) is 1. The first kappa shape index (κ1) is 22.9. The Morgan fingerprint density at radius 2 is 2.11 bits per heavy atom. The molecule has 1 saturated heterocycles. The number of guanidine groups is 1. The Labute approximate surface area is 188 Å². The van der Waals surface area contributed by atoms with Crippen LogP contribution in [0.5, 0.6) is 11.5 Å². The Kier molecular flexibility index (Phi) is 8.94. The minimum atomic E-state index is 0. The summed E-state index contributed by atoms with van der Waals surface area (Å²) in [6.45, 7) is 7.70. The molecule has 156 valence electrons. The molecule has 0 aliphatic carbocycles. The molecule has 0 bridgehead atoms. The number of hydrogen-bond donors (Lipinski definition) is 2. The quantitative estimate of drug-likeness (QED) is 0.353. The number of carbonyl (C=O) groups excluding carboxylic acids is 1. The first-order chi connectivity index (χ1) is 13.1. The van der Waals surface area contributed by atoms with Crippen LogP contribution in [0.4, 0.5) is 0 Å². The molecule has 0 spiro atoms. The third-order valence-corrected chi connectivity index (χ3v) is 4.89. The third kappa shape index (κ3) is 5.79. The van der Waals surface area contributed by atoms with Crippen molar-refractivity contribution in [1.82, 2.24) is 15.5 Å². The van der Waals surface area contributed by atoms with E-state index in [9.17, 15) is 4.79 Å². The Balaban J connectivity index is 0.00000280. The smallest absolute Gasteiger partial charge is 0.222 e. The van der Waals surface area contributed by atoms with Gasteiger partial charge in [-0.1, -0.05) is 18.5 Å². The zero-order valence-electron chi connectivity index (χ0n) is 16.3. The largest absolute Gasteiger partial charge is 0.486 e. The number of fused-ring (bicyclic) bond motifs is 1. The average Bonchev–Trinajstić information content (AvgIpc) is 3.14. The van der Waals surface area contributed by atoms with Crippen molar-refractivity contribution < 1.29 is 14.3 Å². The van der Waals surface area contributed by atoms with Crippen LogP contribution < -0.4 is 20.1 Å².